The molecule has 0 atom stereocenters. The molecule has 3 N–H and O–H groups in total. The van der Waals surface area contributed by atoms with E-state index in [1.807, 2.05) is 6.07 Å². The van der Waals surface area contributed by atoms with Crippen LogP contribution in [0, 0.1) is 0 Å². The Hall–Kier alpha value is -2.66. The number of pyridine rings is 1. The summed E-state index contributed by atoms with van der Waals surface area (Å²) in [4.78, 5) is 22.9. The highest BCUT2D eigenvalue weighted by molar-refractivity contribution is 7.22. The lowest BCUT2D eigenvalue weighted by molar-refractivity contribution is -0.116. The van der Waals surface area contributed by atoms with Gasteiger partial charge >= 0.3 is 0 Å². The maximum Gasteiger partial charge on any atom is 0.226 e. The van der Waals surface area contributed by atoms with Gasteiger partial charge in [-0.1, -0.05) is 5.16 Å². The van der Waals surface area contributed by atoms with Gasteiger partial charge in [0, 0.05) is 42.2 Å². The Bertz CT molecular complexity index is 1130. The highest BCUT2D eigenvalue weighted by Crippen LogP contribution is 2.44. The number of thiophene rings is 1. The lowest BCUT2D eigenvalue weighted by atomic mass is 10.0. The number of carbonyl (C=O) groups excluding carboxylic acids is 1. The third-order valence-electron chi connectivity index (χ3n) is 4.90. The molecule has 0 unspecified atom stereocenters. The normalized spacial score (nSPS) is 13.5. The SMILES string of the molecule is O=C(CCNCc1ccno1)Nc1sc2c(c1-c1nc3cnccc3s1)CCNC2. The summed E-state index contributed by atoms with van der Waals surface area (Å²) in [6.07, 6.45) is 6.48. The molecule has 4 aromatic heterocycles. The first-order valence-electron chi connectivity index (χ1n) is 9.74. The fourth-order valence-corrected chi connectivity index (χ4v) is 5.78. The molecule has 1 amide bonds. The topological polar surface area (TPSA) is 105 Å². The Kier molecular flexibility index (Phi) is 5.54. The van der Waals surface area contributed by atoms with E-state index in [4.69, 9.17) is 9.51 Å². The predicted molar refractivity (Wildman–Crippen MR) is 118 cm³/mol. The quantitative estimate of drug-likeness (QED) is 0.379. The van der Waals surface area contributed by atoms with Gasteiger partial charge < -0.3 is 20.5 Å². The van der Waals surface area contributed by atoms with Gasteiger partial charge in [-0.3, -0.25) is 9.78 Å². The van der Waals surface area contributed by atoms with Gasteiger partial charge in [0.05, 0.1) is 23.6 Å². The van der Waals surface area contributed by atoms with Crippen LogP contribution in [-0.4, -0.2) is 34.1 Å². The minimum Gasteiger partial charge on any atom is -0.360 e. The van der Waals surface area contributed by atoms with Crippen molar-refractivity contribution in [3.63, 3.8) is 0 Å². The number of hydrogen-bond acceptors (Lipinski definition) is 9. The zero-order valence-electron chi connectivity index (χ0n) is 16.1. The third kappa shape index (κ3) is 3.99. The Morgan fingerprint density at radius 1 is 1.27 bits per heavy atom. The van der Waals surface area contributed by atoms with Crippen molar-refractivity contribution in [3.05, 3.63) is 46.9 Å². The lowest BCUT2D eigenvalue weighted by Gasteiger charge is -2.13. The van der Waals surface area contributed by atoms with Gasteiger partial charge in [-0.2, -0.15) is 0 Å². The largest absolute Gasteiger partial charge is 0.360 e. The number of anilines is 1. The third-order valence-corrected chi connectivity index (χ3v) is 7.11. The zero-order chi connectivity index (χ0) is 20.3. The number of rotatable bonds is 7. The molecule has 0 radical (unpaired) electrons. The Balaban J connectivity index is 1.34. The minimum atomic E-state index is -0.0179. The maximum absolute atomic E-state index is 12.6. The molecule has 8 nitrogen and oxygen atoms in total. The summed E-state index contributed by atoms with van der Waals surface area (Å²) in [5.74, 6) is 0.733. The molecule has 0 aromatic carbocycles. The van der Waals surface area contributed by atoms with Crippen LogP contribution in [0.2, 0.25) is 0 Å². The average molecular weight is 441 g/mol. The van der Waals surface area contributed by atoms with Crippen LogP contribution in [-0.2, 0) is 24.3 Å². The second-order valence-electron chi connectivity index (χ2n) is 6.95. The molecule has 0 saturated carbocycles. The molecular weight excluding hydrogens is 420 g/mol. The second-order valence-corrected chi connectivity index (χ2v) is 9.09. The van der Waals surface area contributed by atoms with Crippen molar-refractivity contribution in [1.82, 2.24) is 25.8 Å². The van der Waals surface area contributed by atoms with E-state index in [1.165, 1.54) is 10.4 Å². The fraction of sp³-hybridized carbons (Fsp3) is 0.300. The van der Waals surface area contributed by atoms with E-state index < -0.39 is 0 Å². The van der Waals surface area contributed by atoms with Crippen LogP contribution < -0.4 is 16.0 Å². The van der Waals surface area contributed by atoms with Crippen LogP contribution in [0.1, 0.15) is 22.6 Å². The van der Waals surface area contributed by atoms with Gasteiger partial charge in [0.15, 0.2) is 0 Å². The number of nitrogens with one attached hydrogen (secondary N) is 3. The zero-order valence-corrected chi connectivity index (χ0v) is 17.7. The highest BCUT2D eigenvalue weighted by Gasteiger charge is 2.25. The van der Waals surface area contributed by atoms with E-state index in [0.717, 1.165) is 51.1 Å². The average Bonchev–Trinajstić information content (AvgIpc) is 3.48. The van der Waals surface area contributed by atoms with Gasteiger partial charge in [-0.15, -0.1) is 22.7 Å². The van der Waals surface area contributed by atoms with Gasteiger partial charge in [-0.25, -0.2) is 4.98 Å². The number of thiazole rings is 1. The maximum atomic E-state index is 12.6. The summed E-state index contributed by atoms with van der Waals surface area (Å²) < 4.78 is 6.14. The number of aromatic nitrogens is 3. The van der Waals surface area contributed by atoms with E-state index >= 15 is 0 Å². The van der Waals surface area contributed by atoms with Crippen LogP contribution in [0.3, 0.4) is 0 Å². The van der Waals surface area contributed by atoms with Crippen LogP contribution in [0.5, 0.6) is 0 Å². The Labute approximate surface area is 180 Å². The van der Waals surface area contributed by atoms with Gasteiger partial charge in [0.1, 0.15) is 21.3 Å². The van der Waals surface area contributed by atoms with Gasteiger partial charge in [0.2, 0.25) is 5.91 Å². The van der Waals surface area contributed by atoms with E-state index in [-0.39, 0.29) is 5.91 Å². The first-order valence-corrected chi connectivity index (χ1v) is 11.4. The molecule has 5 rings (SSSR count). The van der Waals surface area contributed by atoms with Crippen molar-refractivity contribution >= 4 is 43.8 Å². The molecule has 1 aliphatic heterocycles. The van der Waals surface area contributed by atoms with Crippen LogP contribution in [0.25, 0.3) is 20.8 Å². The fourth-order valence-electron chi connectivity index (χ4n) is 3.47. The van der Waals surface area contributed by atoms with Gasteiger partial charge in [0.25, 0.3) is 0 Å². The smallest absolute Gasteiger partial charge is 0.226 e. The van der Waals surface area contributed by atoms with E-state index in [2.05, 4.69) is 26.1 Å². The summed E-state index contributed by atoms with van der Waals surface area (Å²) in [6, 6.07) is 3.78. The molecule has 5 heterocycles. The monoisotopic (exact) mass is 440 g/mol. The minimum absolute atomic E-state index is 0.0179. The van der Waals surface area contributed by atoms with Crippen molar-refractivity contribution in [2.75, 3.05) is 18.4 Å². The Morgan fingerprint density at radius 2 is 2.23 bits per heavy atom. The molecule has 0 spiro atoms. The molecular formula is C20H20N6O2S2. The summed E-state index contributed by atoms with van der Waals surface area (Å²) in [5.41, 5.74) is 3.26. The van der Waals surface area contributed by atoms with E-state index in [1.54, 1.807) is 47.3 Å². The summed E-state index contributed by atoms with van der Waals surface area (Å²) in [7, 11) is 0. The van der Waals surface area contributed by atoms with Crippen molar-refractivity contribution in [3.8, 4) is 10.6 Å². The van der Waals surface area contributed by atoms with Crippen LogP contribution >= 0.6 is 22.7 Å². The van der Waals surface area contributed by atoms with Gasteiger partial charge in [-0.05, 0) is 24.6 Å². The predicted octanol–water partition coefficient (Wildman–Crippen LogP) is 3.17. The molecule has 0 fully saturated rings. The molecule has 30 heavy (non-hydrogen) atoms. The second kappa shape index (κ2) is 8.60. The highest BCUT2D eigenvalue weighted by atomic mass is 32.1. The molecule has 0 aliphatic carbocycles. The first-order chi connectivity index (χ1) is 14.8. The summed E-state index contributed by atoms with van der Waals surface area (Å²) >= 11 is 3.29. The Morgan fingerprint density at radius 3 is 3.10 bits per heavy atom. The molecule has 10 heteroatoms. The molecule has 0 bridgehead atoms. The standard InChI is InChI=1S/C20H20N6O2S2/c27-17(4-7-21-9-12-1-8-24-28-12)26-20-18(13-2-5-23-11-16(13)30-20)19-25-14-10-22-6-3-15(14)29-19/h1,3,6,8,10,21,23H,2,4-5,7,9,11H2,(H,26,27). The first kappa shape index (κ1) is 19.3. The molecule has 4 aromatic rings. The number of nitrogens with zero attached hydrogens (tertiary/aromatic N) is 3. The molecule has 1 aliphatic rings. The molecule has 154 valence electrons. The van der Waals surface area contributed by atoms with Crippen LogP contribution in [0.4, 0.5) is 5.00 Å². The van der Waals surface area contributed by atoms with E-state index in [0.29, 0.717) is 19.5 Å². The van der Waals surface area contributed by atoms with Crippen molar-refractivity contribution in [2.45, 2.75) is 25.9 Å². The van der Waals surface area contributed by atoms with Crippen molar-refractivity contribution in [2.24, 2.45) is 0 Å². The van der Waals surface area contributed by atoms with E-state index in [9.17, 15) is 4.79 Å². The number of carbonyl (C=O) groups is 1. The molecule has 0 saturated heterocycles. The summed E-state index contributed by atoms with van der Waals surface area (Å²) in [5, 5.41) is 15.2. The summed E-state index contributed by atoms with van der Waals surface area (Å²) in [6.45, 7) is 2.87. The van der Waals surface area contributed by atoms with Crippen molar-refractivity contribution in [1.29, 1.82) is 0 Å². The van der Waals surface area contributed by atoms with Crippen LogP contribution in [0.15, 0.2) is 35.2 Å². The lowest BCUT2D eigenvalue weighted by Crippen LogP contribution is -2.22. The number of amides is 1. The number of hydrogen-bond donors (Lipinski definition) is 3. The number of fused-ring (bicyclic) bond motifs is 2. The van der Waals surface area contributed by atoms with Crippen molar-refractivity contribution < 1.29 is 9.32 Å².